The summed E-state index contributed by atoms with van der Waals surface area (Å²) >= 11 is 0. The molecule has 0 aliphatic carbocycles. The first kappa shape index (κ1) is 21.6. The number of rotatable bonds is 14. The molecule has 0 aromatic rings. The Morgan fingerprint density at radius 2 is 1.67 bits per heavy atom. The van der Waals surface area contributed by atoms with Crippen LogP contribution in [-0.4, -0.2) is 54.1 Å². The van der Waals surface area contributed by atoms with Gasteiger partial charge < -0.3 is 19.7 Å². The summed E-state index contributed by atoms with van der Waals surface area (Å²) in [5.41, 5.74) is 0. The first-order chi connectivity index (χ1) is 11.6. The summed E-state index contributed by atoms with van der Waals surface area (Å²) in [6.45, 7) is 4.79. The van der Waals surface area contributed by atoms with Gasteiger partial charge in [-0.2, -0.15) is 0 Å². The third kappa shape index (κ3) is 8.56. The average Bonchev–Trinajstić information content (AvgIpc) is 2.92. The van der Waals surface area contributed by atoms with Gasteiger partial charge in [0.05, 0.1) is 13.2 Å². The first-order valence-electron chi connectivity index (χ1n) is 9.61. The Balaban J connectivity index is 1.84. The molecule has 2 unspecified atom stereocenters. The van der Waals surface area contributed by atoms with Crippen LogP contribution in [0.15, 0.2) is 0 Å². The van der Waals surface area contributed by atoms with Crippen molar-refractivity contribution in [3.63, 3.8) is 0 Å². The lowest BCUT2D eigenvalue weighted by molar-refractivity contribution is -0.122. The van der Waals surface area contributed by atoms with E-state index in [1.165, 1.54) is 25.7 Å². The van der Waals surface area contributed by atoms with Crippen LogP contribution >= 0.6 is 0 Å². The highest BCUT2D eigenvalue weighted by atomic mass is 16.6. The van der Waals surface area contributed by atoms with Crippen LogP contribution < -0.4 is 0 Å². The molecular weight excluding hydrogens is 308 g/mol. The fourth-order valence-electron chi connectivity index (χ4n) is 2.95. The number of aliphatic hydroxyl groups excluding tert-OH is 2. The summed E-state index contributed by atoms with van der Waals surface area (Å²) in [6, 6.07) is 0. The highest BCUT2D eigenvalue weighted by Crippen LogP contribution is 2.17. The van der Waals surface area contributed by atoms with Crippen LogP contribution in [0.3, 0.4) is 0 Å². The van der Waals surface area contributed by atoms with E-state index in [2.05, 4.69) is 0 Å². The second-order valence-electron chi connectivity index (χ2n) is 7.15. The van der Waals surface area contributed by atoms with Gasteiger partial charge >= 0.3 is 0 Å². The lowest BCUT2D eigenvalue weighted by Crippen LogP contribution is -2.34. The van der Waals surface area contributed by atoms with Crippen molar-refractivity contribution in [2.75, 3.05) is 19.8 Å². The Bertz CT molecular complexity index is 332. The van der Waals surface area contributed by atoms with Crippen molar-refractivity contribution in [2.45, 2.75) is 89.9 Å². The van der Waals surface area contributed by atoms with E-state index in [-0.39, 0.29) is 18.6 Å². The highest BCUT2D eigenvalue weighted by Gasteiger charge is 2.35. The van der Waals surface area contributed by atoms with Gasteiger partial charge in [-0.1, -0.05) is 52.4 Å². The zero-order valence-electron chi connectivity index (χ0n) is 15.4. The molecule has 142 valence electrons. The molecule has 1 fully saturated rings. The molecule has 5 nitrogen and oxygen atoms in total. The van der Waals surface area contributed by atoms with Crippen LogP contribution in [0.4, 0.5) is 0 Å². The number of hydrogen-bond acceptors (Lipinski definition) is 5. The summed E-state index contributed by atoms with van der Waals surface area (Å²) in [5, 5.41) is 18.8. The van der Waals surface area contributed by atoms with E-state index >= 15 is 0 Å². The van der Waals surface area contributed by atoms with Crippen molar-refractivity contribution in [3.05, 3.63) is 0 Å². The largest absolute Gasteiger partial charge is 0.394 e. The summed E-state index contributed by atoms with van der Waals surface area (Å²) in [4.78, 5) is 11.5. The minimum Gasteiger partial charge on any atom is -0.394 e. The molecule has 3 atom stereocenters. The quantitative estimate of drug-likeness (QED) is 0.474. The molecule has 0 aromatic carbocycles. The molecule has 0 aromatic heterocycles. The van der Waals surface area contributed by atoms with Gasteiger partial charge in [-0.25, -0.2) is 0 Å². The predicted molar refractivity (Wildman–Crippen MR) is 94.0 cm³/mol. The van der Waals surface area contributed by atoms with Gasteiger partial charge in [0.1, 0.15) is 24.1 Å². The monoisotopic (exact) mass is 344 g/mol. The molecule has 1 rings (SSSR count). The van der Waals surface area contributed by atoms with Gasteiger partial charge in [0.25, 0.3) is 0 Å². The molecule has 5 heteroatoms. The fraction of sp³-hybridized carbons (Fsp3) is 0.947. The van der Waals surface area contributed by atoms with Crippen molar-refractivity contribution in [2.24, 2.45) is 5.92 Å². The van der Waals surface area contributed by atoms with Crippen molar-refractivity contribution >= 4 is 5.78 Å². The maximum Gasteiger partial charge on any atom is 0.135 e. The smallest absolute Gasteiger partial charge is 0.135 e. The molecule has 1 aliphatic heterocycles. The van der Waals surface area contributed by atoms with Crippen molar-refractivity contribution < 1.29 is 24.5 Å². The fourth-order valence-corrected chi connectivity index (χ4v) is 2.95. The summed E-state index contributed by atoms with van der Waals surface area (Å²) in [6.07, 6.45) is 8.47. The number of Topliss-reactive ketones (excluding diaryl/α,β-unsaturated/α-hetero) is 1. The average molecular weight is 344 g/mol. The molecule has 0 amide bonds. The zero-order chi connectivity index (χ0) is 17.8. The number of ketones is 1. The summed E-state index contributed by atoms with van der Waals surface area (Å²) in [7, 11) is 0. The van der Waals surface area contributed by atoms with Gasteiger partial charge in [0.15, 0.2) is 0 Å². The molecule has 0 saturated carbocycles. The van der Waals surface area contributed by atoms with E-state index in [1.54, 1.807) is 0 Å². The van der Waals surface area contributed by atoms with Gasteiger partial charge in [-0.05, 0) is 12.8 Å². The molecule has 0 radical (unpaired) electrons. The zero-order valence-corrected chi connectivity index (χ0v) is 15.4. The van der Waals surface area contributed by atoms with Gasteiger partial charge in [-0.3, -0.25) is 4.79 Å². The minimum absolute atomic E-state index is 0.160. The number of hydrogen-bond donors (Lipinski definition) is 2. The van der Waals surface area contributed by atoms with Crippen molar-refractivity contribution in [3.8, 4) is 0 Å². The molecule has 0 spiro atoms. The van der Waals surface area contributed by atoms with Gasteiger partial charge in [0.2, 0.25) is 0 Å². The minimum atomic E-state index is -0.711. The van der Waals surface area contributed by atoms with Crippen molar-refractivity contribution in [1.82, 2.24) is 0 Å². The topological polar surface area (TPSA) is 76.0 Å². The number of ether oxygens (including phenoxy) is 2. The molecular formula is C19H36O5. The Hall–Kier alpha value is -0.490. The molecule has 24 heavy (non-hydrogen) atoms. The molecule has 2 N–H and O–H groups in total. The van der Waals surface area contributed by atoms with Crippen LogP contribution in [0.25, 0.3) is 0 Å². The Labute approximate surface area is 146 Å². The number of aliphatic hydroxyl groups is 2. The Kier molecular flexibility index (Phi) is 11.5. The lowest BCUT2D eigenvalue weighted by Gasteiger charge is -2.16. The predicted octanol–water partition coefficient (Wildman–Crippen LogP) is 2.86. The second kappa shape index (κ2) is 12.8. The van der Waals surface area contributed by atoms with Crippen LogP contribution in [0.2, 0.25) is 0 Å². The Morgan fingerprint density at radius 1 is 1.08 bits per heavy atom. The number of unbranched alkanes of at least 4 members (excludes halogenated alkanes) is 7. The molecule has 0 bridgehead atoms. The van der Waals surface area contributed by atoms with E-state index < -0.39 is 12.2 Å². The molecule has 1 heterocycles. The van der Waals surface area contributed by atoms with Crippen LogP contribution in [0.1, 0.15) is 71.6 Å². The van der Waals surface area contributed by atoms with Gasteiger partial charge in [0, 0.05) is 18.9 Å². The van der Waals surface area contributed by atoms with Crippen LogP contribution in [-0.2, 0) is 14.3 Å². The third-order valence-electron chi connectivity index (χ3n) is 4.71. The van der Waals surface area contributed by atoms with E-state index in [0.29, 0.717) is 19.0 Å². The molecule has 1 aliphatic rings. The Morgan fingerprint density at radius 3 is 2.21 bits per heavy atom. The lowest BCUT2D eigenvalue weighted by atomic mass is 10.0. The highest BCUT2D eigenvalue weighted by molar-refractivity contribution is 5.80. The van der Waals surface area contributed by atoms with E-state index in [4.69, 9.17) is 14.6 Å². The normalized spacial score (nSPS) is 24.0. The summed E-state index contributed by atoms with van der Waals surface area (Å²) in [5.74, 6) is 0.566. The van der Waals surface area contributed by atoms with E-state index in [1.807, 2.05) is 13.8 Å². The maximum atomic E-state index is 11.5. The maximum absolute atomic E-state index is 11.5. The SMILES string of the molecule is CC(C)C(=O)CCCCCCCCCCOC1CO[C@@H](CO)C1O. The van der Waals surface area contributed by atoms with Crippen molar-refractivity contribution in [1.29, 1.82) is 0 Å². The molecule has 1 saturated heterocycles. The number of carbonyl (C=O) groups is 1. The number of carbonyl (C=O) groups excluding carboxylic acids is 1. The summed E-state index contributed by atoms with van der Waals surface area (Å²) < 4.78 is 10.9. The first-order valence-corrected chi connectivity index (χ1v) is 9.61. The standard InChI is InChI=1S/C19H36O5/c1-15(2)16(21)11-9-7-5-3-4-6-8-10-12-23-18-14-24-17(13-20)19(18)22/h15,17-20,22H,3-14H2,1-2H3/t17-,18?,19?/m0/s1. The van der Waals surface area contributed by atoms with Crippen LogP contribution in [0, 0.1) is 5.92 Å². The third-order valence-corrected chi connectivity index (χ3v) is 4.71. The van der Waals surface area contributed by atoms with E-state index in [9.17, 15) is 9.90 Å². The van der Waals surface area contributed by atoms with Crippen LogP contribution in [0.5, 0.6) is 0 Å². The van der Waals surface area contributed by atoms with Gasteiger partial charge in [-0.15, -0.1) is 0 Å². The second-order valence-corrected chi connectivity index (χ2v) is 7.15. The van der Waals surface area contributed by atoms with E-state index in [0.717, 1.165) is 32.1 Å².